The number of carbonyl (C=O) groups is 2. The zero-order valence-electron chi connectivity index (χ0n) is 21.3. The van der Waals surface area contributed by atoms with Gasteiger partial charge in [0.05, 0.1) is 18.1 Å². The molecule has 1 fully saturated rings. The molecule has 5 atom stereocenters. The van der Waals surface area contributed by atoms with Gasteiger partial charge in [-0.3, -0.25) is 9.59 Å². The maximum absolute atomic E-state index is 11.9. The first-order valence-corrected chi connectivity index (χ1v) is 13.9. The average Bonchev–Trinajstić information content (AvgIpc) is 2.83. The quantitative estimate of drug-likeness (QED) is 0.128. The standard InChI is InChI=1S/C24H46N3O6S.Ac/c1-2-3-4-7-12-19(29)26-14-9-5-8-13-20(30)27-15-10-6-11-16-34-24-21(25)23(32)22(31)18(17-28)33-24;/h18,21-25,28,31-32H,2-17H2,1H3,(H,26,29)(H,27,30);/q-1;/t18?,21?,22-,23?,24-;/m0./s1. The number of unbranched alkanes of at least 4 members (excludes halogenated alkanes) is 7. The zero-order chi connectivity index (χ0) is 25.2. The summed E-state index contributed by atoms with van der Waals surface area (Å²) in [4.78, 5) is 23.6. The molecule has 11 heteroatoms. The molecule has 2 amide bonds. The summed E-state index contributed by atoms with van der Waals surface area (Å²) in [6, 6.07) is -0.950. The minimum absolute atomic E-state index is 0. The molecule has 0 aromatic rings. The Kier molecular flexibility index (Phi) is 22.9. The van der Waals surface area contributed by atoms with E-state index in [-0.39, 0.29) is 55.9 Å². The molecule has 0 aliphatic carbocycles. The van der Waals surface area contributed by atoms with Crippen LogP contribution < -0.4 is 10.6 Å². The largest absolute Gasteiger partial charge is 0.670 e. The molecule has 3 unspecified atom stereocenters. The maximum atomic E-state index is 11.9. The summed E-state index contributed by atoms with van der Waals surface area (Å²) in [6.07, 6.45) is 7.54. The van der Waals surface area contributed by atoms with Gasteiger partial charge in [0.2, 0.25) is 11.8 Å². The van der Waals surface area contributed by atoms with Crippen molar-refractivity contribution in [3.63, 3.8) is 0 Å². The first kappa shape index (κ1) is 35.5. The van der Waals surface area contributed by atoms with Gasteiger partial charge in [0.25, 0.3) is 0 Å². The van der Waals surface area contributed by atoms with Crippen molar-refractivity contribution in [1.29, 1.82) is 0 Å². The van der Waals surface area contributed by atoms with Crippen molar-refractivity contribution < 1.29 is 73.7 Å². The predicted molar refractivity (Wildman–Crippen MR) is 135 cm³/mol. The van der Waals surface area contributed by atoms with Gasteiger partial charge in [-0.1, -0.05) is 45.1 Å². The van der Waals surface area contributed by atoms with Gasteiger partial charge in [-0.15, -0.1) is 11.8 Å². The molecule has 1 heterocycles. The van der Waals surface area contributed by atoms with Crippen molar-refractivity contribution in [1.82, 2.24) is 10.6 Å². The van der Waals surface area contributed by atoms with Gasteiger partial charge in [0.1, 0.15) is 12.2 Å². The second-order valence-electron chi connectivity index (χ2n) is 8.99. The Morgan fingerprint density at radius 1 is 0.857 bits per heavy atom. The molecule has 0 spiro atoms. The number of nitrogens with one attached hydrogen (secondary N) is 3. The summed E-state index contributed by atoms with van der Waals surface area (Å²) in [5.41, 5.74) is 7.39. The Bertz CT molecular complexity index is 561. The van der Waals surface area contributed by atoms with E-state index in [0.717, 1.165) is 57.1 Å². The summed E-state index contributed by atoms with van der Waals surface area (Å²) < 4.78 is 5.52. The van der Waals surface area contributed by atoms with E-state index < -0.39 is 36.4 Å². The van der Waals surface area contributed by atoms with Crippen molar-refractivity contribution >= 4 is 23.6 Å². The van der Waals surface area contributed by atoms with Crippen LogP contribution in [0.3, 0.4) is 0 Å². The predicted octanol–water partition coefficient (Wildman–Crippen LogP) is 2.51. The first-order valence-electron chi connectivity index (χ1n) is 12.9. The minimum Gasteiger partial charge on any atom is -0.670 e. The molecule has 0 bridgehead atoms. The third-order valence-electron chi connectivity index (χ3n) is 5.97. The Balaban J connectivity index is 0.0000116. The topological polar surface area (TPSA) is 152 Å². The average molecular weight is 732 g/mol. The first-order chi connectivity index (χ1) is 16.4. The van der Waals surface area contributed by atoms with Crippen LogP contribution in [-0.2, 0) is 14.3 Å². The van der Waals surface area contributed by atoms with Crippen molar-refractivity contribution in [3.05, 3.63) is 5.73 Å². The number of aliphatic hydroxyl groups excluding tert-OH is 3. The summed E-state index contributed by atoms with van der Waals surface area (Å²) in [5.74, 6) is 0.929. The molecule has 0 aromatic carbocycles. The van der Waals surface area contributed by atoms with Gasteiger partial charge < -0.3 is 36.4 Å². The number of carbonyl (C=O) groups excluding carboxylic acids is 2. The number of ether oxygens (including phenoxy) is 1. The summed E-state index contributed by atoms with van der Waals surface area (Å²) in [5, 5.41) is 34.8. The molecular weight excluding hydrogens is 685 g/mol. The summed E-state index contributed by atoms with van der Waals surface area (Å²) in [6.45, 7) is 3.08. The molecule has 1 aliphatic heterocycles. The Morgan fingerprint density at radius 2 is 1.40 bits per heavy atom. The van der Waals surface area contributed by atoms with E-state index in [1.165, 1.54) is 24.6 Å². The molecule has 6 N–H and O–H groups in total. The van der Waals surface area contributed by atoms with E-state index in [0.29, 0.717) is 25.9 Å². The number of hydrogen-bond donors (Lipinski definition) is 5. The molecule has 203 valence electrons. The van der Waals surface area contributed by atoms with Crippen LogP contribution in [0.2, 0.25) is 0 Å². The fourth-order valence-electron chi connectivity index (χ4n) is 3.76. The Morgan fingerprint density at radius 3 is 1.94 bits per heavy atom. The van der Waals surface area contributed by atoms with Crippen LogP contribution in [0.5, 0.6) is 0 Å². The van der Waals surface area contributed by atoms with E-state index in [2.05, 4.69) is 17.6 Å². The third kappa shape index (κ3) is 16.2. The molecule has 0 aromatic heterocycles. The SMILES string of the molecule is CCCCCCC(=O)NCCCCCC(=O)NCCCCCS[C@@H]1OC(CO)[C@H](O)C(O)C1[NH-].[Ac]. The Hall–Kier alpha value is 0.532. The van der Waals surface area contributed by atoms with E-state index in [4.69, 9.17) is 10.5 Å². The van der Waals surface area contributed by atoms with Crippen LogP contribution in [0, 0.1) is 44.1 Å². The molecule has 1 radical (unpaired) electrons. The molecule has 9 nitrogen and oxygen atoms in total. The monoisotopic (exact) mass is 731 g/mol. The van der Waals surface area contributed by atoms with Crippen LogP contribution in [-0.4, -0.2) is 82.4 Å². The van der Waals surface area contributed by atoms with Crippen LogP contribution in [0.1, 0.15) is 84.0 Å². The van der Waals surface area contributed by atoms with Crippen molar-refractivity contribution in [2.24, 2.45) is 0 Å². The van der Waals surface area contributed by atoms with Gasteiger partial charge in [0, 0.05) is 70.0 Å². The van der Waals surface area contributed by atoms with Crippen LogP contribution >= 0.6 is 11.8 Å². The number of amides is 2. The smallest absolute Gasteiger partial charge is 0.219 e. The summed E-state index contributed by atoms with van der Waals surface area (Å²) >= 11 is 1.41. The molecule has 0 saturated carbocycles. The van der Waals surface area contributed by atoms with E-state index in [9.17, 15) is 24.9 Å². The number of thioether (sulfide) groups is 1. The second-order valence-corrected chi connectivity index (χ2v) is 10.2. The normalized spacial score (nSPS) is 24.0. The van der Waals surface area contributed by atoms with Gasteiger partial charge in [-0.2, -0.15) is 0 Å². The van der Waals surface area contributed by atoms with E-state index in [1.807, 2.05) is 0 Å². The van der Waals surface area contributed by atoms with Gasteiger partial charge in [0.15, 0.2) is 0 Å². The van der Waals surface area contributed by atoms with Crippen LogP contribution in [0.25, 0.3) is 5.73 Å². The van der Waals surface area contributed by atoms with Gasteiger partial charge in [-0.25, -0.2) is 0 Å². The molecule has 1 saturated heterocycles. The molecular formula is C24H46AcN3O6S-. The second kappa shape index (κ2) is 22.5. The number of rotatable bonds is 19. The van der Waals surface area contributed by atoms with E-state index >= 15 is 0 Å². The zero-order valence-corrected chi connectivity index (χ0v) is 26.8. The fraction of sp³-hybridized carbons (Fsp3) is 0.917. The van der Waals surface area contributed by atoms with Gasteiger partial charge in [-0.05, 0) is 37.9 Å². The Labute approximate surface area is 251 Å². The van der Waals surface area contributed by atoms with Crippen LogP contribution in [0.4, 0.5) is 0 Å². The van der Waals surface area contributed by atoms with E-state index in [1.54, 1.807) is 0 Å². The minimum atomic E-state index is -1.24. The fourth-order valence-corrected chi connectivity index (χ4v) is 4.95. The van der Waals surface area contributed by atoms with Crippen molar-refractivity contribution in [3.8, 4) is 0 Å². The maximum Gasteiger partial charge on any atom is 0.219 e. The van der Waals surface area contributed by atoms with Gasteiger partial charge >= 0.3 is 0 Å². The molecule has 1 aliphatic rings. The van der Waals surface area contributed by atoms with Crippen molar-refractivity contribution in [2.45, 2.75) is 114 Å². The molecule has 35 heavy (non-hydrogen) atoms. The van der Waals surface area contributed by atoms with Crippen molar-refractivity contribution in [2.75, 3.05) is 25.4 Å². The van der Waals surface area contributed by atoms with Crippen LogP contribution in [0.15, 0.2) is 0 Å². The molecule has 1 rings (SSSR count). The number of hydrogen-bond acceptors (Lipinski definition) is 7. The number of aliphatic hydroxyl groups is 3. The third-order valence-corrected chi connectivity index (χ3v) is 7.22. The summed E-state index contributed by atoms with van der Waals surface area (Å²) in [7, 11) is 0.